The van der Waals surface area contributed by atoms with Gasteiger partial charge in [-0.3, -0.25) is 14.7 Å². The van der Waals surface area contributed by atoms with Crippen molar-refractivity contribution in [3.05, 3.63) is 0 Å². The Morgan fingerprint density at radius 3 is 2.21 bits per heavy atom. The van der Waals surface area contributed by atoms with E-state index in [0.717, 1.165) is 51.3 Å². The number of aliphatic imine (C=N–C) groups is 1. The Hall–Kier alpha value is -0.570. The van der Waals surface area contributed by atoms with Gasteiger partial charge < -0.3 is 15.1 Å². The number of hydrogen-bond donors (Lipinski definition) is 1. The summed E-state index contributed by atoms with van der Waals surface area (Å²) < 4.78 is 0. The molecule has 0 aliphatic heterocycles. The number of hydrogen-bond acceptors (Lipinski definition) is 3. The van der Waals surface area contributed by atoms with E-state index in [9.17, 15) is 4.79 Å². The van der Waals surface area contributed by atoms with E-state index >= 15 is 0 Å². The standard InChI is InChI=1S/C17H35N5O.HI/c1-6-18-17(19-12-13-22(9-4)15-10-11-15)20(5)14-16(23)21(7-2)8-3;/h15H,6-14H2,1-5H3,(H,18,19);1H. The minimum atomic E-state index is 0. The molecule has 0 bridgehead atoms. The van der Waals surface area contributed by atoms with Gasteiger partial charge in [0.2, 0.25) is 5.91 Å². The number of halogens is 1. The van der Waals surface area contributed by atoms with Crippen LogP contribution in [-0.4, -0.2) is 85.5 Å². The van der Waals surface area contributed by atoms with Gasteiger partial charge >= 0.3 is 0 Å². The van der Waals surface area contributed by atoms with Crippen molar-refractivity contribution in [3.8, 4) is 0 Å². The summed E-state index contributed by atoms with van der Waals surface area (Å²) in [5.41, 5.74) is 0. The van der Waals surface area contributed by atoms with Gasteiger partial charge in [0.25, 0.3) is 0 Å². The first-order chi connectivity index (χ1) is 11.1. The van der Waals surface area contributed by atoms with Gasteiger partial charge in [-0.25, -0.2) is 0 Å². The molecule has 1 amide bonds. The van der Waals surface area contributed by atoms with Crippen LogP contribution >= 0.6 is 24.0 Å². The van der Waals surface area contributed by atoms with Gasteiger partial charge in [-0.15, -0.1) is 24.0 Å². The summed E-state index contributed by atoms with van der Waals surface area (Å²) in [5, 5.41) is 3.29. The van der Waals surface area contributed by atoms with Crippen LogP contribution in [0.2, 0.25) is 0 Å². The van der Waals surface area contributed by atoms with Crippen LogP contribution in [0, 0.1) is 0 Å². The fourth-order valence-electron chi connectivity index (χ4n) is 2.75. The quantitative estimate of drug-likeness (QED) is 0.312. The summed E-state index contributed by atoms with van der Waals surface area (Å²) in [6.45, 7) is 13.8. The lowest BCUT2D eigenvalue weighted by molar-refractivity contribution is -0.131. The van der Waals surface area contributed by atoms with Gasteiger partial charge in [-0.2, -0.15) is 0 Å². The van der Waals surface area contributed by atoms with Crippen LogP contribution in [-0.2, 0) is 4.79 Å². The van der Waals surface area contributed by atoms with E-state index in [0.29, 0.717) is 6.54 Å². The van der Waals surface area contributed by atoms with Gasteiger partial charge in [0.15, 0.2) is 5.96 Å². The lowest BCUT2D eigenvalue weighted by Gasteiger charge is -2.26. The molecule has 7 heteroatoms. The molecule has 1 fully saturated rings. The maximum atomic E-state index is 12.2. The van der Waals surface area contributed by atoms with Gasteiger partial charge in [-0.05, 0) is 40.2 Å². The molecule has 0 heterocycles. The number of amides is 1. The zero-order chi connectivity index (χ0) is 17.2. The van der Waals surface area contributed by atoms with Crippen molar-refractivity contribution >= 4 is 35.8 Å². The monoisotopic (exact) mass is 453 g/mol. The molecule has 1 aliphatic carbocycles. The van der Waals surface area contributed by atoms with E-state index in [1.54, 1.807) is 0 Å². The second kappa shape index (κ2) is 12.7. The molecule has 0 radical (unpaired) electrons. The van der Waals surface area contributed by atoms with E-state index in [4.69, 9.17) is 4.99 Å². The second-order valence-electron chi connectivity index (χ2n) is 6.02. The van der Waals surface area contributed by atoms with Crippen molar-refractivity contribution in [2.75, 3.05) is 52.9 Å². The van der Waals surface area contributed by atoms with Gasteiger partial charge in [0.05, 0.1) is 13.1 Å². The third-order valence-electron chi connectivity index (χ3n) is 4.30. The lowest BCUT2D eigenvalue weighted by atomic mass is 10.4. The molecule has 6 nitrogen and oxygen atoms in total. The van der Waals surface area contributed by atoms with E-state index < -0.39 is 0 Å². The highest BCUT2D eigenvalue weighted by Gasteiger charge is 2.27. The Bertz CT molecular complexity index is 383. The number of carbonyl (C=O) groups excluding carboxylic acids is 1. The SMILES string of the molecule is CCNC(=NCCN(CC)C1CC1)N(C)CC(=O)N(CC)CC.I. The number of nitrogens with one attached hydrogen (secondary N) is 1. The van der Waals surface area contributed by atoms with Crippen molar-refractivity contribution in [2.24, 2.45) is 4.99 Å². The maximum Gasteiger partial charge on any atom is 0.242 e. The molecule has 0 saturated heterocycles. The van der Waals surface area contributed by atoms with Crippen LogP contribution in [0.15, 0.2) is 4.99 Å². The molecule has 0 spiro atoms. The van der Waals surface area contributed by atoms with E-state index in [1.807, 2.05) is 30.7 Å². The summed E-state index contributed by atoms with van der Waals surface area (Å²) >= 11 is 0. The predicted molar refractivity (Wildman–Crippen MR) is 112 cm³/mol. The molecule has 0 unspecified atom stereocenters. The number of likely N-dealkylation sites (N-methyl/N-ethyl adjacent to an activating group) is 3. The summed E-state index contributed by atoms with van der Waals surface area (Å²) in [7, 11) is 1.93. The summed E-state index contributed by atoms with van der Waals surface area (Å²) in [4.78, 5) is 23.2. The van der Waals surface area contributed by atoms with Crippen LogP contribution < -0.4 is 5.32 Å². The second-order valence-corrected chi connectivity index (χ2v) is 6.02. The molecule has 0 aromatic rings. The third kappa shape index (κ3) is 8.00. The number of carbonyl (C=O) groups is 1. The molecule has 24 heavy (non-hydrogen) atoms. The minimum absolute atomic E-state index is 0. The van der Waals surface area contributed by atoms with Crippen LogP contribution in [0.1, 0.15) is 40.5 Å². The first kappa shape index (κ1) is 23.4. The smallest absolute Gasteiger partial charge is 0.242 e. The molecule has 0 aromatic carbocycles. The molecular formula is C17H36IN5O. The Balaban J connectivity index is 0.00000529. The fraction of sp³-hybridized carbons (Fsp3) is 0.882. The van der Waals surface area contributed by atoms with Crippen LogP contribution in [0.5, 0.6) is 0 Å². The molecule has 1 rings (SSSR count). The number of nitrogens with zero attached hydrogens (tertiary/aromatic N) is 4. The number of rotatable bonds is 10. The molecule has 0 atom stereocenters. The minimum Gasteiger partial charge on any atom is -0.357 e. The van der Waals surface area contributed by atoms with Crippen LogP contribution in [0.25, 0.3) is 0 Å². The first-order valence-electron chi connectivity index (χ1n) is 9.08. The third-order valence-corrected chi connectivity index (χ3v) is 4.30. The topological polar surface area (TPSA) is 51.2 Å². The van der Waals surface area contributed by atoms with Crippen molar-refractivity contribution in [1.29, 1.82) is 0 Å². The summed E-state index contributed by atoms with van der Waals surface area (Å²) in [6.07, 6.45) is 2.66. The van der Waals surface area contributed by atoms with E-state index in [1.165, 1.54) is 12.8 Å². The van der Waals surface area contributed by atoms with Crippen molar-refractivity contribution < 1.29 is 4.79 Å². The largest absolute Gasteiger partial charge is 0.357 e. The molecule has 1 saturated carbocycles. The Kier molecular flexibility index (Phi) is 12.4. The van der Waals surface area contributed by atoms with E-state index in [2.05, 4.69) is 24.1 Å². The predicted octanol–water partition coefficient (Wildman–Crippen LogP) is 1.85. The normalized spacial score (nSPS) is 14.3. The van der Waals surface area contributed by atoms with Crippen LogP contribution in [0.4, 0.5) is 0 Å². The lowest BCUT2D eigenvalue weighted by Crippen LogP contribution is -2.46. The molecule has 1 aliphatic rings. The Labute approximate surface area is 165 Å². The highest BCUT2D eigenvalue weighted by atomic mass is 127. The Morgan fingerprint density at radius 1 is 1.12 bits per heavy atom. The maximum absolute atomic E-state index is 12.2. The summed E-state index contributed by atoms with van der Waals surface area (Å²) in [5.74, 6) is 0.969. The zero-order valence-corrected chi connectivity index (χ0v) is 18.4. The fourth-order valence-corrected chi connectivity index (χ4v) is 2.75. The van der Waals surface area contributed by atoms with Gasteiger partial charge in [0.1, 0.15) is 0 Å². The average molecular weight is 453 g/mol. The van der Waals surface area contributed by atoms with Crippen molar-refractivity contribution in [2.45, 2.75) is 46.6 Å². The van der Waals surface area contributed by atoms with Gasteiger partial charge in [-0.1, -0.05) is 6.92 Å². The number of guanidine groups is 1. The van der Waals surface area contributed by atoms with Crippen LogP contribution in [0.3, 0.4) is 0 Å². The Morgan fingerprint density at radius 2 is 1.75 bits per heavy atom. The van der Waals surface area contributed by atoms with Gasteiger partial charge in [0, 0.05) is 39.3 Å². The van der Waals surface area contributed by atoms with E-state index in [-0.39, 0.29) is 29.9 Å². The van der Waals surface area contributed by atoms with Crippen molar-refractivity contribution in [3.63, 3.8) is 0 Å². The molecule has 1 N–H and O–H groups in total. The zero-order valence-electron chi connectivity index (χ0n) is 16.0. The molecule has 0 aromatic heterocycles. The molecular weight excluding hydrogens is 417 g/mol. The summed E-state index contributed by atoms with van der Waals surface area (Å²) in [6, 6.07) is 0.778. The highest BCUT2D eigenvalue weighted by Crippen LogP contribution is 2.25. The highest BCUT2D eigenvalue weighted by molar-refractivity contribution is 14.0. The first-order valence-corrected chi connectivity index (χ1v) is 9.08. The molecule has 142 valence electrons. The van der Waals surface area contributed by atoms with Crippen molar-refractivity contribution in [1.82, 2.24) is 20.0 Å². The average Bonchev–Trinajstić information content (AvgIpc) is 3.36.